The monoisotopic (exact) mass is 370 g/mol. The minimum atomic E-state index is -0.310. The Labute approximate surface area is 153 Å². The molecule has 0 atom stereocenters. The number of fused-ring (bicyclic) bond motifs is 1. The molecular weight excluding hydrogens is 352 g/mol. The number of nitrogens with zero attached hydrogens (tertiary/aromatic N) is 2. The number of nitrogens with one attached hydrogen (secondary N) is 2. The van der Waals surface area contributed by atoms with Crippen LogP contribution in [0.3, 0.4) is 0 Å². The zero-order chi connectivity index (χ0) is 19.0. The molecule has 3 aromatic rings. The number of carbonyl (C=O) groups excluding carboxylic acids is 2. The molecule has 0 aliphatic heterocycles. The molecule has 2 aromatic heterocycles. The van der Waals surface area contributed by atoms with Crippen molar-refractivity contribution in [1.29, 1.82) is 0 Å². The van der Waals surface area contributed by atoms with Crippen molar-refractivity contribution in [2.75, 3.05) is 10.6 Å². The van der Waals surface area contributed by atoms with E-state index in [-0.39, 0.29) is 17.4 Å². The summed E-state index contributed by atoms with van der Waals surface area (Å²) >= 11 is 1.19. The summed E-state index contributed by atoms with van der Waals surface area (Å²) in [6, 6.07) is 5.29. The van der Waals surface area contributed by atoms with Gasteiger partial charge in [-0.1, -0.05) is 6.07 Å². The largest absolute Gasteiger partial charge is 0.326 e. The molecule has 3 rings (SSSR count). The Bertz CT molecular complexity index is 1100. The van der Waals surface area contributed by atoms with Crippen LogP contribution in [0.2, 0.25) is 0 Å². The molecule has 26 heavy (non-hydrogen) atoms. The average molecular weight is 370 g/mol. The molecule has 0 saturated carbocycles. The second-order valence-electron chi connectivity index (χ2n) is 6.06. The standard InChI is InChI=1S/C18H18N4O3S/c1-9-5-6-12(20-11(3)23)7-13(9)21-16(24)15-10(2)14-17(26-15)19-8-22(4)18(14)25/h5-8H,1-4H3,(H,20,23)(H,21,24). The molecule has 0 unspecified atom stereocenters. The normalized spacial score (nSPS) is 10.8. The maximum absolute atomic E-state index is 12.8. The summed E-state index contributed by atoms with van der Waals surface area (Å²) in [5.74, 6) is -0.496. The molecule has 134 valence electrons. The molecule has 0 radical (unpaired) electrons. The Morgan fingerprint density at radius 3 is 2.62 bits per heavy atom. The molecule has 8 heteroatoms. The van der Waals surface area contributed by atoms with Gasteiger partial charge in [-0.3, -0.25) is 14.4 Å². The Balaban J connectivity index is 1.97. The summed E-state index contributed by atoms with van der Waals surface area (Å²) in [6.07, 6.45) is 1.45. The Hall–Kier alpha value is -3.00. The van der Waals surface area contributed by atoms with Crippen molar-refractivity contribution in [1.82, 2.24) is 9.55 Å². The van der Waals surface area contributed by atoms with E-state index in [2.05, 4.69) is 15.6 Å². The van der Waals surface area contributed by atoms with Crippen molar-refractivity contribution < 1.29 is 9.59 Å². The van der Waals surface area contributed by atoms with Crippen molar-refractivity contribution >= 4 is 44.7 Å². The maximum Gasteiger partial charge on any atom is 0.266 e. The maximum atomic E-state index is 12.8. The van der Waals surface area contributed by atoms with E-state index < -0.39 is 0 Å². The summed E-state index contributed by atoms with van der Waals surface area (Å²) in [7, 11) is 1.63. The highest BCUT2D eigenvalue weighted by atomic mass is 32.1. The number of thiophene rings is 1. The van der Waals surface area contributed by atoms with Gasteiger partial charge in [-0.15, -0.1) is 11.3 Å². The first-order valence-corrected chi connectivity index (χ1v) is 8.74. The van der Waals surface area contributed by atoms with Gasteiger partial charge in [-0.05, 0) is 37.1 Å². The van der Waals surface area contributed by atoms with E-state index >= 15 is 0 Å². The lowest BCUT2D eigenvalue weighted by Gasteiger charge is -2.10. The van der Waals surface area contributed by atoms with Crippen LogP contribution in [-0.2, 0) is 11.8 Å². The van der Waals surface area contributed by atoms with Gasteiger partial charge in [-0.25, -0.2) is 4.98 Å². The lowest BCUT2D eigenvalue weighted by Crippen LogP contribution is -2.17. The highest BCUT2D eigenvalue weighted by molar-refractivity contribution is 7.20. The third-order valence-electron chi connectivity index (χ3n) is 4.02. The van der Waals surface area contributed by atoms with E-state index in [4.69, 9.17) is 0 Å². The third kappa shape index (κ3) is 3.23. The van der Waals surface area contributed by atoms with Crippen molar-refractivity contribution in [3.63, 3.8) is 0 Å². The van der Waals surface area contributed by atoms with E-state index in [1.54, 1.807) is 26.1 Å². The van der Waals surface area contributed by atoms with Gasteiger partial charge in [-0.2, -0.15) is 0 Å². The van der Waals surface area contributed by atoms with E-state index in [1.807, 2.05) is 13.0 Å². The van der Waals surface area contributed by atoms with Crippen LogP contribution in [0.15, 0.2) is 29.3 Å². The first kappa shape index (κ1) is 17.8. The zero-order valence-corrected chi connectivity index (χ0v) is 15.7. The second kappa shape index (κ2) is 6.72. The van der Waals surface area contributed by atoms with Crippen LogP contribution in [-0.4, -0.2) is 21.4 Å². The van der Waals surface area contributed by atoms with Crippen LogP contribution in [0, 0.1) is 13.8 Å². The molecule has 2 N–H and O–H groups in total. The number of benzene rings is 1. The number of amides is 2. The molecule has 2 amide bonds. The molecular formula is C18H18N4O3S. The van der Waals surface area contributed by atoms with Gasteiger partial charge in [0.25, 0.3) is 11.5 Å². The predicted molar refractivity (Wildman–Crippen MR) is 103 cm³/mol. The highest BCUT2D eigenvalue weighted by Gasteiger charge is 2.19. The Morgan fingerprint density at radius 2 is 1.92 bits per heavy atom. The molecule has 0 fully saturated rings. The number of aryl methyl sites for hydroxylation is 3. The van der Waals surface area contributed by atoms with Gasteiger partial charge in [0.15, 0.2) is 0 Å². The van der Waals surface area contributed by atoms with E-state index in [0.29, 0.717) is 32.0 Å². The van der Waals surface area contributed by atoms with E-state index in [1.165, 1.54) is 29.2 Å². The number of anilines is 2. The molecule has 0 aliphatic carbocycles. The highest BCUT2D eigenvalue weighted by Crippen LogP contribution is 2.28. The SMILES string of the molecule is CC(=O)Nc1ccc(C)c(NC(=O)c2sc3ncn(C)c(=O)c3c2C)c1. The summed E-state index contributed by atoms with van der Waals surface area (Å²) in [6.45, 7) is 5.03. The van der Waals surface area contributed by atoms with Gasteiger partial charge in [0.05, 0.1) is 16.6 Å². The molecule has 0 saturated heterocycles. The topological polar surface area (TPSA) is 93.1 Å². The van der Waals surface area contributed by atoms with Gasteiger partial charge in [0.1, 0.15) is 4.83 Å². The minimum Gasteiger partial charge on any atom is -0.326 e. The lowest BCUT2D eigenvalue weighted by atomic mass is 10.1. The van der Waals surface area contributed by atoms with Crippen LogP contribution in [0.4, 0.5) is 11.4 Å². The molecule has 7 nitrogen and oxygen atoms in total. The predicted octanol–water partition coefficient (Wildman–Crippen LogP) is 2.82. The van der Waals surface area contributed by atoms with Crippen LogP contribution in [0.5, 0.6) is 0 Å². The van der Waals surface area contributed by atoms with Crippen LogP contribution >= 0.6 is 11.3 Å². The number of carbonyl (C=O) groups is 2. The first-order chi connectivity index (χ1) is 12.3. The summed E-state index contributed by atoms with van der Waals surface area (Å²) in [4.78, 5) is 41.5. The summed E-state index contributed by atoms with van der Waals surface area (Å²) in [5.41, 5.74) is 2.50. The van der Waals surface area contributed by atoms with Crippen LogP contribution < -0.4 is 16.2 Å². The molecule has 0 spiro atoms. The zero-order valence-electron chi connectivity index (χ0n) is 14.8. The van der Waals surface area contributed by atoms with Gasteiger partial charge in [0, 0.05) is 25.3 Å². The lowest BCUT2D eigenvalue weighted by molar-refractivity contribution is -0.114. The number of hydrogen-bond donors (Lipinski definition) is 2. The van der Waals surface area contributed by atoms with Crippen LogP contribution in [0.1, 0.15) is 27.7 Å². The van der Waals surface area contributed by atoms with Crippen LogP contribution in [0.25, 0.3) is 10.2 Å². The van der Waals surface area contributed by atoms with Crippen molar-refractivity contribution in [3.8, 4) is 0 Å². The number of aromatic nitrogens is 2. The quantitative estimate of drug-likeness (QED) is 0.741. The first-order valence-electron chi connectivity index (χ1n) is 7.92. The Morgan fingerprint density at radius 1 is 1.19 bits per heavy atom. The Kier molecular flexibility index (Phi) is 4.60. The fourth-order valence-electron chi connectivity index (χ4n) is 2.64. The number of rotatable bonds is 3. The van der Waals surface area contributed by atoms with Gasteiger partial charge in [0.2, 0.25) is 5.91 Å². The van der Waals surface area contributed by atoms with E-state index in [0.717, 1.165) is 5.56 Å². The van der Waals surface area contributed by atoms with E-state index in [9.17, 15) is 14.4 Å². The smallest absolute Gasteiger partial charge is 0.266 e. The summed E-state index contributed by atoms with van der Waals surface area (Å²) < 4.78 is 1.39. The molecule has 0 bridgehead atoms. The second-order valence-corrected chi connectivity index (χ2v) is 7.06. The average Bonchev–Trinajstić information content (AvgIpc) is 2.91. The third-order valence-corrected chi connectivity index (χ3v) is 5.22. The van der Waals surface area contributed by atoms with Crippen molar-refractivity contribution in [2.24, 2.45) is 7.05 Å². The van der Waals surface area contributed by atoms with Crippen molar-refractivity contribution in [2.45, 2.75) is 20.8 Å². The van der Waals surface area contributed by atoms with Gasteiger partial charge < -0.3 is 15.2 Å². The fourth-order valence-corrected chi connectivity index (χ4v) is 3.68. The van der Waals surface area contributed by atoms with Crippen molar-refractivity contribution in [3.05, 3.63) is 50.9 Å². The molecule has 2 heterocycles. The minimum absolute atomic E-state index is 0.174. The van der Waals surface area contributed by atoms with Gasteiger partial charge >= 0.3 is 0 Å². The fraction of sp³-hybridized carbons (Fsp3) is 0.222. The molecule has 0 aliphatic rings. The molecule has 1 aromatic carbocycles. The summed E-state index contributed by atoms with van der Waals surface area (Å²) in [5, 5.41) is 6.02. The number of hydrogen-bond acceptors (Lipinski definition) is 5.